The number of aromatic nitrogens is 4. The van der Waals surface area contributed by atoms with Gasteiger partial charge in [0.2, 0.25) is 0 Å². The fourth-order valence-corrected chi connectivity index (χ4v) is 2.30. The van der Waals surface area contributed by atoms with E-state index in [1.807, 2.05) is 36.0 Å². The molecule has 2 aromatic rings. The van der Waals surface area contributed by atoms with Gasteiger partial charge >= 0.3 is 0 Å². The lowest BCUT2D eigenvalue weighted by Crippen LogP contribution is -2.25. The molecule has 1 fully saturated rings. The topological polar surface area (TPSA) is 56.1 Å². The van der Waals surface area contributed by atoms with Crippen LogP contribution in [0.5, 0.6) is 5.75 Å². The summed E-state index contributed by atoms with van der Waals surface area (Å²) in [6.45, 7) is 2.12. The molecule has 1 aromatic carbocycles. The van der Waals surface area contributed by atoms with Crippen LogP contribution in [0.3, 0.4) is 0 Å². The fraction of sp³-hybridized carbons (Fsp3) is 0.500. The zero-order valence-electron chi connectivity index (χ0n) is 11.9. The Hall–Kier alpha value is -1.66. The van der Waals surface area contributed by atoms with Gasteiger partial charge in [-0.1, -0.05) is 17.7 Å². The summed E-state index contributed by atoms with van der Waals surface area (Å²) in [6.07, 6.45) is 2.36. The van der Waals surface area contributed by atoms with Gasteiger partial charge in [-0.15, -0.1) is 5.10 Å². The van der Waals surface area contributed by atoms with E-state index in [1.165, 1.54) is 12.8 Å². The van der Waals surface area contributed by atoms with Crippen LogP contribution in [0.2, 0.25) is 5.02 Å². The molecule has 3 rings (SSSR count). The van der Waals surface area contributed by atoms with Gasteiger partial charge in [0.15, 0.2) is 5.82 Å². The molecule has 0 spiro atoms. The van der Waals surface area contributed by atoms with E-state index >= 15 is 0 Å². The Bertz CT molecular complexity index is 599. The van der Waals surface area contributed by atoms with Gasteiger partial charge in [0.05, 0.1) is 12.6 Å². The molecule has 0 aliphatic heterocycles. The highest BCUT2D eigenvalue weighted by molar-refractivity contribution is 6.30. The molecular weight excluding hydrogens is 290 g/mol. The molecule has 1 aliphatic rings. The molecule has 0 unspecified atom stereocenters. The zero-order valence-corrected chi connectivity index (χ0v) is 12.7. The van der Waals surface area contributed by atoms with Gasteiger partial charge in [-0.05, 0) is 48.5 Å². The standard InChI is InChI=1S/C14H18ClN5O/c1-19(7-8-21-13-4-2-3-11(15)9-13)10-14-16-17-18-20(14)12-5-6-12/h2-4,9,12H,5-8,10H2,1H3. The van der Waals surface area contributed by atoms with Crippen molar-refractivity contribution in [3.8, 4) is 5.75 Å². The third kappa shape index (κ3) is 3.92. The molecule has 112 valence electrons. The summed E-state index contributed by atoms with van der Waals surface area (Å²) in [4.78, 5) is 2.15. The zero-order chi connectivity index (χ0) is 14.7. The van der Waals surface area contributed by atoms with Crippen molar-refractivity contribution in [2.45, 2.75) is 25.4 Å². The molecule has 0 bridgehead atoms. The first-order valence-corrected chi connectivity index (χ1v) is 7.44. The van der Waals surface area contributed by atoms with Crippen molar-refractivity contribution >= 4 is 11.6 Å². The molecular formula is C14H18ClN5O. The maximum atomic E-state index is 5.92. The lowest BCUT2D eigenvalue weighted by Gasteiger charge is -2.16. The maximum Gasteiger partial charge on any atom is 0.165 e. The second-order valence-electron chi connectivity index (χ2n) is 5.31. The third-order valence-electron chi connectivity index (χ3n) is 3.40. The van der Waals surface area contributed by atoms with E-state index in [4.69, 9.17) is 16.3 Å². The first-order chi connectivity index (χ1) is 10.2. The Labute approximate surface area is 128 Å². The van der Waals surface area contributed by atoms with E-state index in [0.29, 0.717) is 17.7 Å². The Morgan fingerprint density at radius 3 is 3.05 bits per heavy atom. The number of ether oxygens (including phenoxy) is 1. The van der Waals surface area contributed by atoms with Crippen molar-refractivity contribution in [1.29, 1.82) is 0 Å². The minimum absolute atomic E-state index is 0.506. The van der Waals surface area contributed by atoms with Crippen LogP contribution in [0.4, 0.5) is 0 Å². The highest BCUT2D eigenvalue weighted by Gasteiger charge is 2.27. The Kier molecular flexibility index (Phi) is 4.36. The van der Waals surface area contributed by atoms with E-state index in [1.54, 1.807) is 0 Å². The first kappa shape index (κ1) is 14.3. The summed E-state index contributed by atoms with van der Waals surface area (Å²) in [5, 5.41) is 12.6. The van der Waals surface area contributed by atoms with E-state index in [-0.39, 0.29) is 0 Å². The normalized spacial score (nSPS) is 14.6. The number of hydrogen-bond donors (Lipinski definition) is 0. The average molecular weight is 308 g/mol. The van der Waals surface area contributed by atoms with Gasteiger partial charge in [0.1, 0.15) is 12.4 Å². The van der Waals surface area contributed by atoms with Crippen LogP contribution in [-0.2, 0) is 6.54 Å². The van der Waals surface area contributed by atoms with Gasteiger partial charge in [-0.25, -0.2) is 4.68 Å². The highest BCUT2D eigenvalue weighted by Crippen LogP contribution is 2.34. The van der Waals surface area contributed by atoms with Crippen molar-refractivity contribution in [2.24, 2.45) is 0 Å². The summed E-state index contributed by atoms with van der Waals surface area (Å²) >= 11 is 5.92. The van der Waals surface area contributed by atoms with Crippen molar-refractivity contribution in [2.75, 3.05) is 20.2 Å². The second-order valence-corrected chi connectivity index (χ2v) is 5.75. The van der Waals surface area contributed by atoms with E-state index in [0.717, 1.165) is 24.7 Å². The monoisotopic (exact) mass is 307 g/mol. The smallest absolute Gasteiger partial charge is 0.165 e. The van der Waals surface area contributed by atoms with Crippen molar-refractivity contribution in [3.63, 3.8) is 0 Å². The minimum Gasteiger partial charge on any atom is -0.492 e. The number of benzene rings is 1. The Morgan fingerprint density at radius 2 is 2.29 bits per heavy atom. The summed E-state index contributed by atoms with van der Waals surface area (Å²) in [5.41, 5.74) is 0. The van der Waals surface area contributed by atoms with Crippen LogP contribution < -0.4 is 4.74 Å². The molecule has 1 heterocycles. The Balaban J connectivity index is 1.46. The molecule has 1 saturated carbocycles. The number of halogens is 1. The molecule has 1 aromatic heterocycles. The number of hydrogen-bond acceptors (Lipinski definition) is 5. The van der Waals surface area contributed by atoms with Gasteiger partial charge in [-0.2, -0.15) is 0 Å². The summed E-state index contributed by atoms with van der Waals surface area (Å²) < 4.78 is 7.62. The lowest BCUT2D eigenvalue weighted by molar-refractivity contribution is 0.227. The number of likely N-dealkylation sites (N-methyl/N-ethyl adjacent to an activating group) is 1. The fourth-order valence-electron chi connectivity index (χ4n) is 2.12. The van der Waals surface area contributed by atoms with Crippen LogP contribution >= 0.6 is 11.6 Å². The van der Waals surface area contributed by atoms with Gasteiger partial charge in [-0.3, -0.25) is 4.90 Å². The van der Waals surface area contributed by atoms with E-state index in [9.17, 15) is 0 Å². The van der Waals surface area contributed by atoms with Crippen molar-refractivity contribution in [1.82, 2.24) is 25.1 Å². The highest BCUT2D eigenvalue weighted by atomic mass is 35.5. The maximum absolute atomic E-state index is 5.92. The summed E-state index contributed by atoms with van der Waals surface area (Å²) in [6, 6.07) is 7.93. The predicted octanol–water partition coefficient (Wildman–Crippen LogP) is 2.17. The van der Waals surface area contributed by atoms with Gasteiger partial charge in [0, 0.05) is 11.6 Å². The number of rotatable bonds is 7. The molecule has 0 N–H and O–H groups in total. The molecule has 7 heteroatoms. The summed E-state index contributed by atoms with van der Waals surface area (Å²) in [7, 11) is 2.03. The van der Waals surface area contributed by atoms with Crippen molar-refractivity contribution < 1.29 is 4.74 Å². The predicted molar refractivity (Wildman–Crippen MR) is 79.4 cm³/mol. The van der Waals surface area contributed by atoms with Gasteiger partial charge < -0.3 is 4.74 Å². The van der Waals surface area contributed by atoms with E-state index in [2.05, 4.69) is 20.4 Å². The quantitative estimate of drug-likeness (QED) is 0.784. The van der Waals surface area contributed by atoms with Crippen LogP contribution in [0.25, 0.3) is 0 Å². The molecule has 6 nitrogen and oxygen atoms in total. The van der Waals surface area contributed by atoms with Crippen LogP contribution in [0.1, 0.15) is 24.7 Å². The van der Waals surface area contributed by atoms with Gasteiger partial charge in [0.25, 0.3) is 0 Å². The van der Waals surface area contributed by atoms with Crippen LogP contribution in [0, 0.1) is 0 Å². The number of nitrogens with zero attached hydrogens (tertiary/aromatic N) is 5. The molecule has 0 atom stereocenters. The minimum atomic E-state index is 0.506. The van der Waals surface area contributed by atoms with Crippen LogP contribution in [-0.4, -0.2) is 45.3 Å². The summed E-state index contributed by atoms with van der Waals surface area (Å²) in [5.74, 6) is 1.71. The van der Waals surface area contributed by atoms with E-state index < -0.39 is 0 Å². The molecule has 0 saturated heterocycles. The number of tetrazole rings is 1. The van der Waals surface area contributed by atoms with Crippen molar-refractivity contribution in [3.05, 3.63) is 35.1 Å². The van der Waals surface area contributed by atoms with Crippen LogP contribution in [0.15, 0.2) is 24.3 Å². The second kappa shape index (κ2) is 6.41. The molecule has 0 amide bonds. The molecule has 21 heavy (non-hydrogen) atoms. The largest absolute Gasteiger partial charge is 0.492 e. The third-order valence-corrected chi connectivity index (χ3v) is 3.64. The first-order valence-electron chi connectivity index (χ1n) is 7.06. The molecule has 1 aliphatic carbocycles. The lowest BCUT2D eigenvalue weighted by atomic mass is 10.3. The SMILES string of the molecule is CN(CCOc1cccc(Cl)c1)Cc1nnnn1C1CC1. The average Bonchev–Trinajstić information content (AvgIpc) is 3.20. The Morgan fingerprint density at radius 1 is 1.43 bits per heavy atom. The molecule has 0 radical (unpaired) electrons.